The normalized spacial score (nSPS) is 44.8. The van der Waals surface area contributed by atoms with Crippen LogP contribution in [0.2, 0.25) is 0 Å². The fraction of sp³-hybridized carbons (Fsp3) is 0.808. The number of esters is 3. The van der Waals surface area contributed by atoms with Crippen molar-refractivity contribution in [2.45, 2.75) is 91.8 Å². The molecule has 1 spiro atoms. The topological polar surface area (TPSA) is 78.9 Å². The van der Waals surface area contributed by atoms with Crippen LogP contribution in [0.25, 0.3) is 0 Å². The maximum absolute atomic E-state index is 12.3. The zero-order valence-electron chi connectivity index (χ0n) is 20.2. The van der Waals surface area contributed by atoms with Crippen molar-refractivity contribution in [3.8, 4) is 0 Å². The van der Waals surface area contributed by atoms with Crippen LogP contribution in [0.5, 0.6) is 0 Å². The molecule has 0 amide bonds. The van der Waals surface area contributed by atoms with E-state index in [1.165, 1.54) is 20.8 Å². The number of carbonyl (C=O) groups is 3. The molecule has 8 unspecified atom stereocenters. The lowest BCUT2D eigenvalue weighted by Crippen LogP contribution is -2.65. The molecule has 0 aromatic rings. The summed E-state index contributed by atoms with van der Waals surface area (Å²) < 4.78 is 17.6. The number of ether oxygens (including phenoxy) is 3. The lowest BCUT2D eigenvalue weighted by atomic mass is 9.40. The van der Waals surface area contributed by atoms with E-state index in [4.69, 9.17) is 14.2 Å². The van der Waals surface area contributed by atoms with Gasteiger partial charge in [-0.15, -0.1) is 0 Å². The Morgan fingerprint density at radius 1 is 0.969 bits per heavy atom. The van der Waals surface area contributed by atoms with Gasteiger partial charge in [-0.1, -0.05) is 26.8 Å². The third-order valence-electron chi connectivity index (χ3n) is 9.54. The molecule has 4 saturated carbocycles. The van der Waals surface area contributed by atoms with E-state index in [1.807, 2.05) is 0 Å². The summed E-state index contributed by atoms with van der Waals surface area (Å²) in [6.07, 6.45) is 5.96. The van der Waals surface area contributed by atoms with E-state index in [2.05, 4.69) is 20.4 Å². The number of fused-ring (bicyclic) bond motifs is 3. The van der Waals surface area contributed by atoms with E-state index in [-0.39, 0.29) is 46.7 Å². The molecule has 6 nitrogen and oxygen atoms in total. The number of hydrogen-bond acceptors (Lipinski definition) is 6. The Labute approximate surface area is 191 Å². The standard InChI is InChI=1S/C26H38O6/c1-15-19-8-9-20-25(6)11-7-10-24(5,14-30-16(2)27)21(25)12-22(31-17(3)28)26(20,13-19)23(15)32-18(4)29/h19-23H,1,7-14H2,2-6H3. The first-order valence-electron chi connectivity index (χ1n) is 12.1. The van der Waals surface area contributed by atoms with E-state index in [1.54, 1.807) is 0 Å². The van der Waals surface area contributed by atoms with E-state index in [0.29, 0.717) is 18.9 Å². The first-order valence-corrected chi connectivity index (χ1v) is 12.1. The summed E-state index contributed by atoms with van der Waals surface area (Å²) in [6.45, 7) is 13.7. The van der Waals surface area contributed by atoms with Crippen molar-refractivity contribution >= 4 is 17.9 Å². The van der Waals surface area contributed by atoms with Crippen molar-refractivity contribution in [1.29, 1.82) is 0 Å². The van der Waals surface area contributed by atoms with Crippen LogP contribution in [-0.4, -0.2) is 36.7 Å². The highest BCUT2D eigenvalue weighted by Crippen LogP contribution is 2.73. The van der Waals surface area contributed by atoms with Gasteiger partial charge in [0.15, 0.2) is 0 Å². The second kappa shape index (κ2) is 7.88. The molecule has 0 N–H and O–H groups in total. The predicted molar refractivity (Wildman–Crippen MR) is 118 cm³/mol. The number of rotatable bonds is 4. The number of hydrogen-bond donors (Lipinski definition) is 0. The van der Waals surface area contributed by atoms with Gasteiger partial charge >= 0.3 is 17.9 Å². The van der Waals surface area contributed by atoms with Crippen molar-refractivity contribution in [3.05, 3.63) is 12.2 Å². The minimum Gasteiger partial charge on any atom is -0.465 e. The third kappa shape index (κ3) is 3.40. The maximum atomic E-state index is 12.3. The zero-order valence-corrected chi connectivity index (χ0v) is 20.2. The van der Waals surface area contributed by atoms with E-state index in [0.717, 1.165) is 44.1 Å². The Morgan fingerprint density at radius 2 is 1.66 bits per heavy atom. The van der Waals surface area contributed by atoms with Gasteiger partial charge in [0.05, 0.1) is 12.0 Å². The van der Waals surface area contributed by atoms with Gasteiger partial charge in [-0.25, -0.2) is 0 Å². The molecule has 0 saturated heterocycles. The van der Waals surface area contributed by atoms with Gasteiger partial charge in [0, 0.05) is 26.2 Å². The average Bonchev–Trinajstić information content (AvgIpc) is 2.89. The summed E-state index contributed by atoms with van der Waals surface area (Å²) >= 11 is 0. The predicted octanol–water partition coefficient (Wildman–Crippen LogP) is 4.60. The molecule has 6 heteroatoms. The molecular formula is C26H38O6. The Kier molecular flexibility index (Phi) is 5.74. The maximum Gasteiger partial charge on any atom is 0.303 e. The second-order valence-corrected chi connectivity index (χ2v) is 11.4. The lowest BCUT2D eigenvalue weighted by molar-refractivity contribution is -0.239. The summed E-state index contributed by atoms with van der Waals surface area (Å²) in [7, 11) is 0. The molecule has 0 radical (unpaired) electrons. The molecule has 8 atom stereocenters. The van der Waals surface area contributed by atoms with E-state index < -0.39 is 11.5 Å². The van der Waals surface area contributed by atoms with Gasteiger partial charge in [0.2, 0.25) is 0 Å². The van der Waals surface area contributed by atoms with Crippen LogP contribution in [-0.2, 0) is 28.6 Å². The van der Waals surface area contributed by atoms with Crippen molar-refractivity contribution in [2.75, 3.05) is 6.61 Å². The van der Waals surface area contributed by atoms with Gasteiger partial charge in [0.1, 0.15) is 12.2 Å². The Hall–Kier alpha value is -1.85. The molecule has 0 heterocycles. The van der Waals surface area contributed by atoms with Crippen LogP contribution in [0, 0.1) is 34.0 Å². The fourth-order valence-corrected chi connectivity index (χ4v) is 8.51. The van der Waals surface area contributed by atoms with Crippen LogP contribution in [0.3, 0.4) is 0 Å². The molecule has 0 aliphatic heterocycles. The second-order valence-electron chi connectivity index (χ2n) is 11.4. The summed E-state index contributed by atoms with van der Waals surface area (Å²) in [5, 5.41) is 0. The third-order valence-corrected chi connectivity index (χ3v) is 9.54. The first-order chi connectivity index (χ1) is 14.9. The molecule has 0 aromatic carbocycles. The largest absolute Gasteiger partial charge is 0.465 e. The van der Waals surface area contributed by atoms with Crippen LogP contribution < -0.4 is 0 Å². The van der Waals surface area contributed by atoms with E-state index >= 15 is 0 Å². The smallest absolute Gasteiger partial charge is 0.303 e. The zero-order chi connectivity index (χ0) is 23.5. The quantitative estimate of drug-likeness (QED) is 0.357. The van der Waals surface area contributed by atoms with Crippen LogP contribution >= 0.6 is 0 Å². The molecule has 4 rings (SSSR count). The molecule has 4 aliphatic carbocycles. The average molecular weight is 447 g/mol. The molecule has 4 aliphatic rings. The lowest BCUT2D eigenvalue weighted by Gasteiger charge is -2.66. The summed E-state index contributed by atoms with van der Waals surface area (Å²) in [5.41, 5.74) is 0.364. The molecule has 4 fully saturated rings. The number of carbonyl (C=O) groups excluding carboxylic acids is 3. The van der Waals surface area contributed by atoms with Crippen LogP contribution in [0.4, 0.5) is 0 Å². The van der Waals surface area contributed by atoms with Crippen LogP contribution in [0.1, 0.15) is 79.6 Å². The van der Waals surface area contributed by atoms with Gasteiger partial charge in [-0.3, -0.25) is 14.4 Å². The van der Waals surface area contributed by atoms with Crippen LogP contribution in [0.15, 0.2) is 12.2 Å². The molecule has 32 heavy (non-hydrogen) atoms. The molecule has 0 aromatic heterocycles. The highest BCUT2D eigenvalue weighted by atomic mass is 16.6. The van der Waals surface area contributed by atoms with Crippen molar-refractivity contribution in [1.82, 2.24) is 0 Å². The fourth-order valence-electron chi connectivity index (χ4n) is 8.51. The van der Waals surface area contributed by atoms with Crippen molar-refractivity contribution in [3.63, 3.8) is 0 Å². The molecular weight excluding hydrogens is 408 g/mol. The summed E-state index contributed by atoms with van der Waals surface area (Å²) in [6, 6.07) is 0. The SMILES string of the molecule is C=C1C2CCC3C4(C)CCCC(C)(COC(C)=O)C4CC(OC(C)=O)C3(C2)C1OC(C)=O. The van der Waals surface area contributed by atoms with Crippen molar-refractivity contribution in [2.24, 2.45) is 34.0 Å². The summed E-state index contributed by atoms with van der Waals surface area (Å²) in [5.74, 6) is -0.0875. The van der Waals surface area contributed by atoms with Crippen molar-refractivity contribution < 1.29 is 28.6 Å². The Balaban J connectivity index is 1.81. The molecule has 2 bridgehead atoms. The van der Waals surface area contributed by atoms with Gasteiger partial charge in [-0.2, -0.15) is 0 Å². The van der Waals surface area contributed by atoms with Gasteiger partial charge in [-0.05, 0) is 67.3 Å². The highest BCUT2D eigenvalue weighted by Gasteiger charge is 2.72. The minimum absolute atomic E-state index is 0.0161. The first kappa shape index (κ1) is 23.3. The highest BCUT2D eigenvalue weighted by molar-refractivity contribution is 5.68. The Bertz CT molecular complexity index is 834. The Morgan fingerprint density at radius 3 is 2.28 bits per heavy atom. The van der Waals surface area contributed by atoms with Gasteiger partial charge in [0.25, 0.3) is 0 Å². The van der Waals surface area contributed by atoms with Gasteiger partial charge < -0.3 is 14.2 Å². The summed E-state index contributed by atoms with van der Waals surface area (Å²) in [4.78, 5) is 36.0. The van der Waals surface area contributed by atoms with E-state index in [9.17, 15) is 14.4 Å². The molecule has 178 valence electrons. The monoisotopic (exact) mass is 446 g/mol. The minimum atomic E-state index is -0.428.